The van der Waals surface area contributed by atoms with E-state index in [2.05, 4.69) is 10.3 Å². The summed E-state index contributed by atoms with van der Waals surface area (Å²) in [6.45, 7) is 0.285. The van der Waals surface area contributed by atoms with Crippen LogP contribution in [0.5, 0.6) is 0 Å². The summed E-state index contributed by atoms with van der Waals surface area (Å²) in [4.78, 5) is 16.2. The summed E-state index contributed by atoms with van der Waals surface area (Å²) in [6.07, 6.45) is 4.84. The van der Waals surface area contributed by atoms with Crippen molar-refractivity contribution in [1.82, 2.24) is 9.55 Å². The topological polar surface area (TPSA) is 67.2 Å². The van der Waals surface area contributed by atoms with Crippen molar-refractivity contribution >= 4 is 17.2 Å². The van der Waals surface area contributed by atoms with Crippen LogP contribution in [0.3, 0.4) is 0 Å². The van der Waals surface area contributed by atoms with E-state index in [1.165, 1.54) is 11.3 Å². The van der Waals surface area contributed by atoms with Crippen LogP contribution in [0.1, 0.15) is 30.6 Å². The lowest BCUT2D eigenvalue weighted by molar-refractivity contribution is 0.192. The van der Waals surface area contributed by atoms with Gasteiger partial charge in [-0.15, -0.1) is 0 Å². The third-order valence-electron chi connectivity index (χ3n) is 3.20. The monoisotopic (exact) mass is 277 g/mol. The smallest absolute Gasteiger partial charge is 0.293 e. The molecular formula is C13H15N3O2S. The lowest BCUT2D eigenvalue weighted by Crippen LogP contribution is -2.25. The number of anilines is 1. The minimum Gasteiger partial charge on any atom is -0.387 e. The van der Waals surface area contributed by atoms with Crippen molar-refractivity contribution in [2.75, 3.05) is 11.9 Å². The Hall–Kier alpha value is -1.66. The van der Waals surface area contributed by atoms with Crippen LogP contribution in [0.4, 0.5) is 5.82 Å². The molecule has 0 amide bonds. The van der Waals surface area contributed by atoms with Crippen molar-refractivity contribution in [3.63, 3.8) is 0 Å². The zero-order valence-corrected chi connectivity index (χ0v) is 11.1. The normalized spacial score (nSPS) is 16.3. The second-order valence-electron chi connectivity index (χ2n) is 4.67. The van der Waals surface area contributed by atoms with Crippen molar-refractivity contribution in [1.29, 1.82) is 0 Å². The lowest BCUT2D eigenvalue weighted by atomic mass is 10.2. The number of hydrogen-bond acceptors (Lipinski definition) is 5. The fraction of sp³-hybridized carbons (Fsp3) is 0.385. The summed E-state index contributed by atoms with van der Waals surface area (Å²) in [5.74, 6) is 0.309. The highest BCUT2D eigenvalue weighted by Gasteiger charge is 2.25. The fourth-order valence-electron chi connectivity index (χ4n) is 1.96. The highest BCUT2D eigenvalue weighted by atomic mass is 32.1. The van der Waals surface area contributed by atoms with Crippen molar-refractivity contribution in [2.24, 2.45) is 0 Å². The highest BCUT2D eigenvalue weighted by molar-refractivity contribution is 7.07. The van der Waals surface area contributed by atoms with Gasteiger partial charge in [0.05, 0.1) is 6.10 Å². The first-order chi connectivity index (χ1) is 9.25. The number of aliphatic hydroxyl groups excluding tert-OH is 1. The molecule has 19 heavy (non-hydrogen) atoms. The maximum atomic E-state index is 12.1. The first kappa shape index (κ1) is 12.4. The Kier molecular flexibility index (Phi) is 3.35. The van der Waals surface area contributed by atoms with E-state index in [0.717, 1.165) is 18.4 Å². The Balaban J connectivity index is 1.70. The molecule has 2 aromatic heterocycles. The van der Waals surface area contributed by atoms with Gasteiger partial charge in [-0.05, 0) is 35.2 Å². The van der Waals surface area contributed by atoms with Gasteiger partial charge in [0.1, 0.15) is 0 Å². The van der Waals surface area contributed by atoms with Gasteiger partial charge in [0.25, 0.3) is 5.56 Å². The van der Waals surface area contributed by atoms with Crippen LogP contribution in [0.25, 0.3) is 0 Å². The number of aromatic nitrogens is 2. The highest BCUT2D eigenvalue weighted by Crippen LogP contribution is 2.33. The van der Waals surface area contributed by atoms with Crippen LogP contribution in [0.2, 0.25) is 0 Å². The van der Waals surface area contributed by atoms with E-state index >= 15 is 0 Å². The van der Waals surface area contributed by atoms with E-state index in [0.29, 0.717) is 11.9 Å². The van der Waals surface area contributed by atoms with E-state index in [1.54, 1.807) is 17.0 Å². The number of rotatable bonds is 5. The molecule has 1 fully saturated rings. The largest absolute Gasteiger partial charge is 0.387 e. The average molecular weight is 277 g/mol. The van der Waals surface area contributed by atoms with E-state index in [-0.39, 0.29) is 12.1 Å². The van der Waals surface area contributed by atoms with Crippen molar-refractivity contribution in [3.8, 4) is 0 Å². The van der Waals surface area contributed by atoms with Crippen LogP contribution in [-0.2, 0) is 0 Å². The van der Waals surface area contributed by atoms with Crippen LogP contribution in [0, 0.1) is 0 Å². The molecular weight excluding hydrogens is 262 g/mol. The van der Waals surface area contributed by atoms with Gasteiger partial charge < -0.3 is 15.0 Å². The third kappa shape index (κ3) is 2.69. The molecule has 2 aromatic rings. The average Bonchev–Trinajstić information content (AvgIpc) is 3.11. The molecule has 5 nitrogen and oxygen atoms in total. The molecule has 1 unspecified atom stereocenters. The molecule has 1 saturated carbocycles. The maximum absolute atomic E-state index is 12.1. The second kappa shape index (κ2) is 5.14. The van der Waals surface area contributed by atoms with Gasteiger partial charge in [0.2, 0.25) is 0 Å². The summed E-state index contributed by atoms with van der Waals surface area (Å²) < 4.78 is 1.71. The number of hydrogen-bond donors (Lipinski definition) is 2. The van der Waals surface area contributed by atoms with Gasteiger partial charge in [-0.25, -0.2) is 4.98 Å². The lowest BCUT2D eigenvalue weighted by Gasteiger charge is -2.11. The molecule has 1 aliphatic carbocycles. The maximum Gasteiger partial charge on any atom is 0.293 e. The molecule has 0 bridgehead atoms. The molecule has 3 rings (SSSR count). The SMILES string of the molecule is O=c1c(NCC(O)c2ccsc2)nccn1C1CC1. The molecule has 1 atom stereocenters. The molecule has 6 heteroatoms. The second-order valence-corrected chi connectivity index (χ2v) is 5.45. The van der Waals surface area contributed by atoms with Crippen LogP contribution in [0.15, 0.2) is 34.0 Å². The predicted octanol–water partition coefficient (Wildman–Crippen LogP) is 1.79. The van der Waals surface area contributed by atoms with Crippen molar-refractivity contribution in [2.45, 2.75) is 25.0 Å². The van der Waals surface area contributed by atoms with E-state index in [4.69, 9.17) is 0 Å². The van der Waals surface area contributed by atoms with Crippen LogP contribution in [-0.4, -0.2) is 21.2 Å². The quantitative estimate of drug-likeness (QED) is 0.874. The van der Waals surface area contributed by atoms with Gasteiger partial charge >= 0.3 is 0 Å². The number of thiophene rings is 1. The molecule has 0 aliphatic heterocycles. The third-order valence-corrected chi connectivity index (χ3v) is 3.90. The first-order valence-corrected chi connectivity index (χ1v) is 7.21. The summed E-state index contributed by atoms with van der Waals surface area (Å²) >= 11 is 1.54. The van der Waals surface area contributed by atoms with Crippen LogP contribution < -0.4 is 10.9 Å². The van der Waals surface area contributed by atoms with E-state index in [1.807, 2.05) is 16.8 Å². The molecule has 1 aliphatic rings. The number of nitrogens with one attached hydrogen (secondary N) is 1. The summed E-state index contributed by atoms with van der Waals surface area (Å²) in [5.41, 5.74) is 0.749. The summed E-state index contributed by atoms with van der Waals surface area (Å²) in [6, 6.07) is 2.20. The zero-order chi connectivity index (χ0) is 13.2. The Morgan fingerprint density at radius 3 is 3.11 bits per heavy atom. The summed E-state index contributed by atoms with van der Waals surface area (Å²) in [5, 5.41) is 16.7. The standard InChI is InChI=1S/C13H15N3O2S/c17-11(9-3-6-19-8-9)7-15-12-13(18)16(5-4-14-12)10-1-2-10/h3-6,8,10-11,17H,1-2,7H2,(H,14,15). The van der Waals surface area contributed by atoms with Crippen molar-refractivity contribution in [3.05, 3.63) is 45.1 Å². The molecule has 100 valence electrons. The number of aliphatic hydroxyl groups is 1. The minimum atomic E-state index is -0.623. The van der Waals surface area contributed by atoms with Gasteiger partial charge in [-0.2, -0.15) is 11.3 Å². The van der Waals surface area contributed by atoms with Crippen LogP contribution >= 0.6 is 11.3 Å². The molecule has 2 N–H and O–H groups in total. The Morgan fingerprint density at radius 2 is 2.42 bits per heavy atom. The Morgan fingerprint density at radius 1 is 1.58 bits per heavy atom. The molecule has 2 heterocycles. The van der Waals surface area contributed by atoms with Crippen molar-refractivity contribution < 1.29 is 5.11 Å². The fourth-order valence-corrected chi connectivity index (χ4v) is 2.67. The predicted molar refractivity (Wildman–Crippen MR) is 74.5 cm³/mol. The van der Waals surface area contributed by atoms with Gasteiger partial charge in [0.15, 0.2) is 5.82 Å². The molecule has 0 saturated heterocycles. The van der Waals surface area contributed by atoms with Gasteiger partial charge in [-0.1, -0.05) is 0 Å². The zero-order valence-electron chi connectivity index (χ0n) is 10.3. The van der Waals surface area contributed by atoms with Gasteiger partial charge in [-0.3, -0.25) is 4.79 Å². The van der Waals surface area contributed by atoms with Gasteiger partial charge in [0, 0.05) is 25.0 Å². The van der Waals surface area contributed by atoms with E-state index < -0.39 is 6.10 Å². The molecule has 0 spiro atoms. The number of nitrogens with zero attached hydrogens (tertiary/aromatic N) is 2. The Bertz CT molecular complexity index is 605. The summed E-state index contributed by atoms with van der Waals surface area (Å²) in [7, 11) is 0. The van der Waals surface area contributed by atoms with E-state index in [9.17, 15) is 9.90 Å². The minimum absolute atomic E-state index is 0.109. The Labute approximate surface area is 114 Å². The first-order valence-electron chi connectivity index (χ1n) is 6.27. The molecule has 0 radical (unpaired) electrons. The molecule has 0 aromatic carbocycles.